The first kappa shape index (κ1) is 16.5. The van der Waals surface area contributed by atoms with E-state index in [1.807, 2.05) is 27.8 Å². The molecule has 0 aliphatic heterocycles. The van der Waals surface area contributed by atoms with Gasteiger partial charge in [-0.05, 0) is 7.05 Å². The van der Waals surface area contributed by atoms with Gasteiger partial charge in [0.1, 0.15) is 0 Å². The van der Waals surface area contributed by atoms with Gasteiger partial charge in [0.25, 0.3) is 0 Å². The molecule has 0 fully saturated rings. The number of carbonyl (C=O) groups excluding carboxylic acids is 1. The molecule has 87 valence electrons. The van der Waals surface area contributed by atoms with E-state index in [4.69, 9.17) is 0 Å². The van der Waals surface area contributed by atoms with Crippen molar-refractivity contribution in [3.8, 4) is 0 Å². The number of nitrogens with zero attached hydrogens (tertiary/aromatic N) is 1. The van der Waals surface area contributed by atoms with E-state index in [9.17, 15) is 4.79 Å². The zero-order chi connectivity index (χ0) is 10.6. The maximum absolute atomic E-state index is 11.6. The van der Waals surface area contributed by atoms with Crippen LogP contribution >= 0.6 is 0 Å². The van der Waals surface area contributed by atoms with E-state index >= 15 is 0 Å². The minimum absolute atomic E-state index is 0. The average Bonchev–Trinajstić information content (AvgIpc) is 2.00. The third-order valence-electron chi connectivity index (χ3n) is 2.10. The van der Waals surface area contributed by atoms with Gasteiger partial charge in [0, 0.05) is 25.4 Å². The molecule has 0 rings (SSSR count). The molecule has 0 saturated heterocycles. The molecule has 0 N–H and O–H groups in total. The summed E-state index contributed by atoms with van der Waals surface area (Å²) in [7, 11) is 1.86. The molecule has 0 aromatic heterocycles. The summed E-state index contributed by atoms with van der Waals surface area (Å²) in [5.41, 5.74) is 0. The fourth-order valence-electron chi connectivity index (χ4n) is 1.30. The van der Waals surface area contributed by atoms with Crippen LogP contribution in [0.1, 0.15) is 41.0 Å². The van der Waals surface area contributed by atoms with Crippen LogP contribution in [-0.4, -0.2) is 17.9 Å². The molecule has 0 aliphatic carbocycles. The van der Waals surface area contributed by atoms with Crippen molar-refractivity contribution in [3.63, 3.8) is 0 Å². The van der Waals surface area contributed by atoms with Gasteiger partial charge in [-0.25, -0.2) is 6.04 Å². The summed E-state index contributed by atoms with van der Waals surface area (Å²) in [6.45, 7) is 10.2. The Labute approximate surface area is 101 Å². The minimum Gasteiger partial charge on any atom is -0.492 e. The van der Waals surface area contributed by atoms with Crippen LogP contribution in [0.25, 0.3) is 0 Å². The van der Waals surface area contributed by atoms with E-state index in [0.717, 1.165) is 12.5 Å². The van der Waals surface area contributed by atoms with Gasteiger partial charge in [-0.3, -0.25) is 4.79 Å². The summed E-state index contributed by atoms with van der Waals surface area (Å²) < 4.78 is 0. The fourth-order valence-corrected chi connectivity index (χ4v) is 1.30. The normalized spacial score (nSPS) is 10.6. The van der Waals surface area contributed by atoms with E-state index in [1.54, 1.807) is 4.90 Å². The van der Waals surface area contributed by atoms with Crippen molar-refractivity contribution in [2.24, 2.45) is 11.8 Å². The zero-order valence-corrected chi connectivity index (χ0v) is 11.7. The first-order valence-electron chi connectivity index (χ1n) is 4.96. The second kappa shape index (κ2) is 7.39. The van der Waals surface area contributed by atoms with E-state index in [1.165, 1.54) is 0 Å². The van der Waals surface area contributed by atoms with Crippen molar-refractivity contribution in [3.05, 3.63) is 6.04 Å². The van der Waals surface area contributed by atoms with Gasteiger partial charge in [-0.2, -0.15) is 13.3 Å². The number of hydrogen-bond donors (Lipinski definition) is 0. The van der Waals surface area contributed by atoms with Crippen LogP contribution < -0.4 is 0 Å². The summed E-state index contributed by atoms with van der Waals surface area (Å²) in [6.07, 6.45) is 0.995. The van der Waals surface area contributed by atoms with Gasteiger partial charge < -0.3 is 4.90 Å². The van der Waals surface area contributed by atoms with Gasteiger partial charge in [-0.1, -0.05) is 33.6 Å². The molecule has 0 aromatic rings. The summed E-state index contributed by atoms with van der Waals surface area (Å²) in [5.74, 6) is 0.910. The Bertz CT molecular complexity index is 169. The Hall–Kier alpha value is 0.0934. The zero-order valence-electron chi connectivity index (χ0n) is 10.1. The van der Waals surface area contributed by atoms with Crippen LogP contribution in [0.3, 0.4) is 0 Å². The van der Waals surface area contributed by atoms with Crippen LogP contribution in [0.2, 0.25) is 0 Å². The SMILES string of the molecule is C[C-](CC(C)C)N(C)C(=O)C(C)C.[Rh]. The van der Waals surface area contributed by atoms with Crippen LogP contribution in [0.4, 0.5) is 0 Å². The van der Waals surface area contributed by atoms with Crippen LogP contribution in [0, 0.1) is 17.9 Å². The van der Waals surface area contributed by atoms with Gasteiger partial charge >= 0.3 is 0 Å². The number of carbonyl (C=O) groups is 1. The third kappa shape index (κ3) is 5.75. The molecule has 0 aliphatic rings. The Morgan fingerprint density at radius 3 is 2.00 bits per heavy atom. The largest absolute Gasteiger partial charge is 0.492 e. The minimum atomic E-state index is 0. The Balaban J connectivity index is 0. The van der Waals surface area contributed by atoms with Crippen molar-refractivity contribution in [1.82, 2.24) is 4.90 Å². The number of hydrogen-bond acceptors (Lipinski definition) is 1. The maximum Gasteiger partial charge on any atom is 0.196 e. The smallest absolute Gasteiger partial charge is 0.196 e. The molecule has 2 nitrogen and oxygen atoms in total. The van der Waals surface area contributed by atoms with Gasteiger partial charge in [0.2, 0.25) is 0 Å². The summed E-state index contributed by atoms with van der Waals surface area (Å²) >= 11 is 0. The van der Waals surface area contributed by atoms with Crippen LogP contribution in [0.15, 0.2) is 0 Å². The van der Waals surface area contributed by atoms with E-state index in [2.05, 4.69) is 13.8 Å². The molecule has 0 heterocycles. The Morgan fingerprint density at radius 2 is 1.71 bits per heavy atom. The maximum atomic E-state index is 11.6. The van der Waals surface area contributed by atoms with Crippen LogP contribution in [-0.2, 0) is 24.3 Å². The molecule has 0 spiro atoms. The summed E-state index contributed by atoms with van der Waals surface area (Å²) in [6, 6.07) is 1.16. The van der Waals surface area contributed by atoms with E-state index < -0.39 is 0 Å². The molecule has 0 saturated carbocycles. The summed E-state index contributed by atoms with van der Waals surface area (Å²) in [5, 5.41) is 0. The molecular formula is C11H22NORh-. The second-order valence-electron chi connectivity index (χ2n) is 4.39. The molecular weight excluding hydrogens is 265 g/mol. The molecule has 0 atom stereocenters. The molecule has 14 heavy (non-hydrogen) atoms. The van der Waals surface area contributed by atoms with Crippen molar-refractivity contribution < 1.29 is 24.3 Å². The average molecular weight is 287 g/mol. The van der Waals surface area contributed by atoms with Crippen molar-refractivity contribution in [2.75, 3.05) is 7.05 Å². The Morgan fingerprint density at radius 1 is 1.29 bits per heavy atom. The second-order valence-corrected chi connectivity index (χ2v) is 4.39. The van der Waals surface area contributed by atoms with Crippen molar-refractivity contribution in [1.29, 1.82) is 0 Å². The Kier molecular flexibility index (Phi) is 8.72. The molecule has 0 aromatic carbocycles. The first-order valence-corrected chi connectivity index (χ1v) is 4.96. The van der Waals surface area contributed by atoms with Gasteiger partial charge in [-0.15, -0.1) is 0 Å². The number of amides is 1. The van der Waals surface area contributed by atoms with E-state index in [-0.39, 0.29) is 31.3 Å². The third-order valence-corrected chi connectivity index (χ3v) is 2.10. The monoisotopic (exact) mass is 287 g/mol. The quantitative estimate of drug-likeness (QED) is 0.575. The summed E-state index contributed by atoms with van der Waals surface area (Å²) in [4.78, 5) is 13.4. The predicted molar refractivity (Wildman–Crippen MR) is 56.0 cm³/mol. The van der Waals surface area contributed by atoms with Crippen molar-refractivity contribution in [2.45, 2.75) is 41.0 Å². The van der Waals surface area contributed by atoms with E-state index in [0.29, 0.717) is 5.92 Å². The molecule has 3 heteroatoms. The molecule has 1 radical (unpaired) electrons. The van der Waals surface area contributed by atoms with Gasteiger partial charge in [0.15, 0.2) is 5.91 Å². The van der Waals surface area contributed by atoms with Crippen molar-refractivity contribution >= 4 is 5.91 Å². The molecule has 0 unspecified atom stereocenters. The van der Waals surface area contributed by atoms with Crippen LogP contribution in [0.5, 0.6) is 0 Å². The molecule has 0 bridgehead atoms. The number of rotatable bonds is 4. The first-order chi connectivity index (χ1) is 5.86. The molecule has 1 amide bonds. The standard InChI is InChI=1S/C11H22NO.Rh/c1-8(2)7-10(5)12(6)11(13)9(3)4;/h8-9H,7H2,1-6H3;/q-1;. The van der Waals surface area contributed by atoms with Gasteiger partial charge in [0.05, 0.1) is 0 Å². The predicted octanol–water partition coefficient (Wildman–Crippen LogP) is 2.70. The topological polar surface area (TPSA) is 20.3 Å². The fraction of sp³-hybridized carbons (Fsp3) is 0.818.